The first-order valence-corrected chi connectivity index (χ1v) is 9.39. The quantitative estimate of drug-likeness (QED) is 0.674. The first-order chi connectivity index (χ1) is 12.8. The van der Waals surface area contributed by atoms with Crippen LogP contribution in [-0.2, 0) is 4.79 Å². The van der Waals surface area contributed by atoms with Gasteiger partial charge in [-0.2, -0.15) is 0 Å². The van der Waals surface area contributed by atoms with E-state index in [1.165, 1.54) is 18.3 Å². The Labute approximate surface area is 162 Å². The second-order valence-corrected chi connectivity index (χ2v) is 7.66. The maximum Gasteiger partial charge on any atom is 0.275 e. The highest BCUT2D eigenvalue weighted by Gasteiger charge is 2.17. The number of aryl methyl sites for hydroxylation is 3. The van der Waals surface area contributed by atoms with Crippen LogP contribution < -0.4 is 10.6 Å². The summed E-state index contributed by atoms with van der Waals surface area (Å²) in [6.07, 6.45) is 0. The molecule has 0 spiro atoms. The van der Waals surface area contributed by atoms with Crippen LogP contribution in [0.4, 0.5) is 11.4 Å². The Balaban J connectivity index is 1.87. The van der Waals surface area contributed by atoms with E-state index in [1.807, 2.05) is 63.2 Å². The smallest absolute Gasteiger partial charge is 0.275 e. The lowest BCUT2D eigenvalue weighted by atomic mass is 10.1. The number of nitrogens with one attached hydrogen (secondary N) is 2. The van der Waals surface area contributed by atoms with E-state index in [2.05, 4.69) is 15.6 Å². The summed E-state index contributed by atoms with van der Waals surface area (Å²) in [5, 5.41) is 6.46. The fraction of sp³-hybridized carbons (Fsp3) is 0.190. The third kappa shape index (κ3) is 4.41. The van der Waals surface area contributed by atoms with Crippen molar-refractivity contribution in [3.05, 3.63) is 64.2 Å². The molecule has 2 N–H and O–H groups in total. The lowest BCUT2D eigenvalue weighted by Crippen LogP contribution is -2.14. The van der Waals surface area contributed by atoms with Crippen molar-refractivity contribution in [1.82, 2.24) is 4.98 Å². The molecule has 0 unspecified atom stereocenters. The Hall–Kier alpha value is -2.99. The summed E-state index contributed by atoms with van der Waals surface area (Å²) in [6, 6.07) is 13.4. The monoisotopic (exact) mass is 379 g/mol. The Morgan fingerprint density at radius 1 is 1.00 bits per heavy atom. The largest absolute Gasteiger partial charge is 0.326 e. The predicted octanol–water partition coefficient (Wildman–Crippen LogP) is 4.95. The molecule has 0 radical (unpaired) electrons. The van der Waals surface area contributed by atoms with E-state index in [0.29, 0.717) is 11.4 Å². The average Bonchev–Trinajstić information content (AvgIpc) is 3.00. The van der Waals surface area contributed by atoms with Gasteiger partial charge in [-0.15, -0.1) is 11.3 Å². The lowest BCUT2D eigenvalue weighted by molar-refractivity contribution is -0.114. The predicted molar refractivity (Wildman–Crippen MR) is 110 cm³/mol. The standard InChI is InChI=1S/C21H21N3O2S/c1-12-8-9-13(2)18(10-12)23-20(26)19-14(3)27-21(24-19)16-6-5-7-17(11-16)22-15(4)25/h5-11H,1-4H3,(H,22,25)(H,23,26). The van der Waals surface area contributed by atoms with Gasteiger partial charge >= 0.3 is 0 Å². The van der Waals surface area contributed by atoms with E-state index in [4.69, 9.17) is 0 Å². The van der Waals surface area contributed by atoms with Crippen LogP contribution in [-0.4, -0.2) is 16.8 Å². The number of thiazole rings is 1. The zero-order chi connectivity index (χ0) is 19.6. The Kier molecular flexibility index (Phi) is 5.37. The Morgan fingerprint density at radius 3 is 2.52 bits per heavy atom. The molecule has 0 atom stereocenters. The molecule has 0 aliphatic rings. The van der Waals surface area contributed by atoms with Crippen LogP contribution in [0.1, 0.15) is 33.4 Å². The molecule has 138 valence electrons. The second-order valence-electron chi connectivity index (χ2n) is 6.46. The van der Waals surface area contributed by atoms with Gasteiger partial charge in [0.2, 0.25) is 5.91 Å². The number of hydrogen-bond acceptors (Lipinski definition) is 4. The van der Waals surface area contributed by atoms with Crippen LogP contribution in [0.25, 0.3) is 10.6 Å². The molecule has 2 amide bonds. The molecule has 0 saturated carbocycles. The number of aromatic nitrogens is 1. The van der Waals surface area contributed by atoms with Crippen molar-refractivity contribution in [2.24, 2.45) is 0 Å². The highest BCUT2D eigenvalue weighted by molar-refractivity contribution is 7.15. The van der Waals surface area contributed by atoms with Gasteiger partial charge in [0.15, 0.2) is 0 Å². The van der Waals surface area contributed by atoms with Gasteiger partial charge in [-0.3, -0.25) is 9.59 Å². The summed E-state index contributed by atoms with van der Waals surface area (Å²) < 4.78 is 0. The summed E-state index contributed by atoms with van der Waals surface area (Å²) >= 11 is 1.46. The minimum absolute atomic E-state index is 0.129. The zero-order valence-corrected chi connectivity index (χ0v) is 16.5. The lowest BCUT2D eigenvalue weighted by Gasteiger charge is -2.08. The molecule has 6 heteroatoms. The number of anilines is 2. The van der Waals surface area contributed by atoms with Crippen molar-refractivity contribution in [3.8, 4) is 10.6 Å². The van der Waals surface area contributed by atoms with E-state index >= 15 is 0 Å². The minimum atomic E-state index is -0.221. The fourth-order valence-electron chi connectivity index (χ4n) is 2.72. The molecule has 2 aromatic carbocycles. The van der Waals surface area contributed by atoms with E-state index in [9.17, 15) is 9.59 Å². The molecule has 3 rings (SSSR count). The van der Waals surface area contributed by atoms with E-state index in [0.717, 1.165) is 32.3 Å². The summed E-state index contributed by atoms with van der Waals surface area (Å²) in [6.45, 7) is 7.30. The van der Waals surface area contributed by atoms with Crippen LogP contribution in [0, 0.1) is 20.8 Å². The molecule has 5 nitrogen and oxygen atoms in total. The highest BCUT2D eigenvalue weighted by Crippen LogP contribution is 2.30. The topological polar surface area (TPSA) is 71.1 Å². The fourth-order valence-corrected chi connectivity index (χ4v) is 3.62. The van der Waals surface area contributed by atoms with E-state index in [-0.39, 0.29) is 11.8 Å². The molecule has 0 aliphatic carbocycles. The van der Waals surface area contributed by atoms with Gasteiger partial charge in [-0.1, -0.05) is 24.3 Å². The van der Waals surface area contributed by atoms with Crippen molar-refractivity contribution in [3.63, 3.8) is 0 Å². The molecular weight excluding hydrogens is 358 g/mol. The number of carbonyl (C=O) groups is 2. The van der Waals surface area contributed by atoms with Crippen molar-refractivity contribution in [2.75, 3.05) is 10.6 Å². The zero-order valence-electron chi connectivity index (χ0n) is 15.7. The number of nitrogens with zero attached hydrogens (tertiary/aromatic N) is 1. The van der Waals surface area contributed by atoms with Crippen LogP contribution in [0.15, 0.2) is 42.5 Å². The van der Waals surface area contributed by atoms with Gasteiger partial charge < -0.3 is 10.6 Å². The molecular formula is C21H21N3O2S. The number of rotatable bonds is 4. The van der Waals surface area contributed by atoms with Gasteiger partial charge in [0.25, 0.3) is 5.91 Å². The summed E-state index contributed by atoms with van der Waals surface area (Å²) in [5.74, 6) is -0.349. The van der Waals surface area contributed by atoms with Gasteiger partial charge in [-0.25, -0.2) is 4.98 Å². The number of carbonyl (C=O) groups excluding carboxylic acids is 2. The molecule has 0 aliphatic heterocycles. The van der Waals surface area contributed by atoms with Gasteiger partial charge in [-0.05, 0) is 50.1 Å². The summed E-state index contributed by atoms with van der Waals surface area (Å²) in [4.78, 5) is 29.4. The molecule has 1 heterocycles. The molecule has 1 aromatic heterocycles. The maximum atomic E-state index is 12.7. The first-order valence-electron chi connectivity index (χ1n) is 8.57. The first kappa shape index (κ1) is 18.8. The van der Waals surface area contributed by atoms with Gasteiger partial charge in [0.05, 0.1) is 0 Å². The van der Waals surface area contributed by atoms with E-state index < -0.39 is 0 Å². The van der Waals surface area contributed by atoms with Gasteiger partial charge in [0.1, 0.15) is 10.7 Å². The second kappa shape index (κ2) is 7.72. The average molecular weight is 379 g/mol. The van der Waals surface area contributed by atoms with Crippen LogP contribution in [0.3, 0.4) is 0 Å². The number of benzene rings is 2. The maximum absolute atomic E-state index is 12.7. The van der Waals surface area contributed by atoms with Crippen molar-refractivity contribution < 1.29 is 9.59 Å². The van der Waals surface area contributed by atoms with Crippen LogP contribution in [0.5, 0.6) is 0 Å². The SMILES string of the molecule is CC(=O)Nc1cccc(-c2nc(C(=O)Nc3cc(C)ccc3C)c(C)s2)c1. The Morgan fingerprint density at radius 2 is 1.78 bits per heavy atom. The number of hydrogen-bond donors (Lipinski definition) is 2. The van der Waals surface area contributed by atoms with Crippen molar-refractivity contribution in [2.45, 2.75) is 27.7 Å². The van der Waals surface area contributed by atoms with Crippen molar-refractivity contribution in [1.29, 1.82) is 0 Å². The third-order valence-electron chi connectivity index (χ3n) is 4.08. The van der Waals surface area contributed by atoms with Crippen LogP contribution >= 0.6 is 11.3 Å². The minimum Gasteiger partial charge on any atom is -0.326 e. The summed E-state index contributed by atoms with van der Waals surface area (Å²) in [5.41, 5.74) is 4.86. The molecule has 3 aromatic rings. The Bertz CT molecular complexity index is 1020. The van der Waals surface area contributed by atoms with Gasteiger partial charge in [0, 0.05) is 28.7 Å². The molecule has 0 bridgehead atoms. The number of amides is 2. The molecule has 0 saturated heterocycles. The van der Waals surface area contributed by atoms with Crippen molar-refractivity contribution >= 4 is 34.5 Å². The third-order valence-corrected chi connectivity index (χ3v) is 5.10. The van der Waals surface area contributed by atoms with Crippen LogP contribution in [0.2, 0.25) is 0 Å². The molecule has 27 heavy (non-hydrogen) atoms. The van der Waals surface area contributed by atoms with E-state index in [1.54, 1.807) is 0 Å². The normalized spacial score (nSPS) is 10.5. The summed E-state index contributed by atoms with van der Waals surface area (Å²) in [7, 11) is 0. The highest BCUT2D eigenvalue weighted by atomic mass is 32.1. The molecule has 0 fully saturated rings.